The number of hydrogen-bond donors (Lipinski definition) is 3. The van der Waals surface area contributed by atoms with Gasteiger partial charge in [0.25, 0.3) is 0 Å². The minimum absolute atomic E-state index is 0.189. The quantitative estimate of drug-likeness (QED) is 0.407. The summed E-state index contributed by atoms with van der Waals surface area (Å²) < 4.78 is 5.49. The monoisotopic (exact) mass is 491 g/mol. The number of alkyl carbamates (subject to hydrolysis) is 1. The molecule has 11 atom stereocenters. The van der Waals surface area contributed by atoms with Gasteiger partial charge < -0.3 is 20.3 Å². The molecule has 4 saturated carbocycles. The van der Waals surface area contributed by atoms with Gasteiger partial charge in [-0.05, 0) is 110 Å². The molecule has 0 saturated heterocycles. The average molecular weight is 492 g/mol. The number of hydrogen-bond acceptors (Lipinski definition) is 4. The van der Waals surface area contributed by atoms with Gasteiger partial charge in [-0.3, -0.25) is 0 Å². The van der Waals surface area contributed by atoms with Crippen molar-refractivity contribution in [2.45, 2.75) is 112 Å². The Morgan fingerprint density at radius 1 is 1.00 bits per heavy atom. The van der Waals surface area contributed by atoms with Crippen LogP contribution in [0, 0.1) is 58.2 Å². The lowest BCUT2D eigenvalue weighted by Crippen LogP contribution is -2.62. The molecule has 0 aromatic heterocycles. The minimum atomic E-state index is -0.293. The van der Waals surface area contributed by atoms with E-state index in [1.54, 1.807) is 0 Å². The lowest BCUT2D eigenvalue weighted by molar-refractivity contribution is -0.203. The fraction of sp³-hybridized carbons (Fsp3) is 0.967. The maximum atomic E-state index is 12.0. The number of aliphatic hydroxyl groups excluding tert-OH is 2. The predicted octanol–water partition coefficient (Wildman–Crippen LogP) is 6.02. The van der Waals surface area contributed by atoms with Gasteiger partial charge in [0.2, 0.25) is 0 Å². The minimum Gasteiger partial charge on any atom is -0.450 e. The topological polar surface area (TPSA) is 78.8 Å². The second kappa shape index (κ2) is 10.5. The van der Waals surface area contributed by atoms with E-state index in [9.17, 15) is 15.0 Å². The number of nitrogens with one attached hydrogen (secondary N) is 1. The molecule has 0 heterocycles. The number of aliphatic hydroxyl groups is 2. The van der Waals surface area contributed by atoms with Crippen molar-refractivity contribution >= 4 is 6.09 Å². The van der Waals surface area contributed by atoms with E-state index < -0.39 is 0 Å². The molecule has 3 unspecified atom stereocenters. The molecule has 4 rings (SSSR count). The summed E-state index contributed by atoms with van der Waals surface area (Å²) in [5.74, 6) is 3.88. The van der Waals surface area contributed by atoms with Gasteiger partial charge in [0.05, 0.1) is 18.8 Å². The predicted molar refractivity (Wildman–Crippen MR) is 140 cm³/mol. The van der Waals surface area contributed by atoms with Gasteiger partial charge in [0.15, 0.2) is 0 Å². The summed E-state index contributed by atoms with van der Waals surface area (Å²) in [5.41, 5.74) is 0.517. The normalized spacial score (nSPS) is 45.9. The van der Waals surface area contributed by atoms with Crippen molar-refractivity contribution in [1.29, 1.82) is 0 Å². The fourth-order valence-corrected chi connectivity index (χ4v) is 9.81. The molecule has 0 spiro atoms. The van der Waals surface area contributed by atoms with Crippen LogP contribution < -0.4 is 5.32 Å². The van der Waals surface area contributed by atoms with Crippen LogP contribution in [0.2, 0.25) is 0 Å². The maximum Gasteiger partial charge on any atom is 0.407 e. The van der Waals surface area contributed by atoms with Crippen molar-refractivity contribution in [2.75, 3.05) is 13.2 Å². The molecule has 3 N–H and O–H groups in total. The van der Waals surface area contributed by atoms with E-state index in [4.69, 9.17) is 4.74 Å². The van der Waals surface area contributed by atoms with E-state index in [2.05, 4.69) is 46.9 Å². The van der Waals surface area contributed by atoms with E-state index in [0.717, 1.165) is 32.1 Å². The summed E-state index contributed by atoms with van der Waals surface area (Å²) in [5, 5.41) is 25.2. The highest BCUT2D eigenvalue weighted by Crippen LogP contribution is 2.69. The Balaban J connectivity index is 1.44. The third-order valence-corrected chi connectivity index (χ3v) is 11.6. The highest BCUT2D eigenvalue weighted by Gasteiger charge is 2.64. The Kier molecular flexibility index (Phi) is 8.18. The largest absolute Gasteiger partial charge is 0.450 e. The van der Waals surface area contributed by atoms with Crippen LogP contribution in [-0.2, 0) is 4.74 Å². The maximum absolute atomic E-state index is 12.0. The van der Waals surface area contributed by atoms with Crippen LogP contribution >= 0.6 is 0 Å². The van der Waals surface area contributed by atoms with Gasteiger partial charge in [0, 0.05) is 6.54 Å². The number of rotatable bonds is 7. The van der Waals surface area contributed by atoms with Crippen molar-refractivity contribution in [3.63, 3.8) is 0 Å². The van der Waals surface area contributed by atoms with Crippen LogP contribution in [0.4, 0.5) is 4.79 Å². The molecule has 1 amide bonds. The SMILES string of the molecule is CC[C@H]1[C@@H](O)C2[C@@H]3CC[C@H]([C@H](C)CCOC(=O)NCC(C)C)C3(C)CC[C@@H]2C2(C)CC[C@@H](O)C[C@@H]12. The van der Waals surface area contributed by atoms with E-state index >= 15 is 0 Å². The number of amides is 1. The van der Waals surface area contributed by atoms with Crippen LogP contribution in [0.25, 0.3) is 0 Å². The Morgan fingerprint density at radius 3 is 2.37 bits per heavy atom. The van der Waals surface area contributed by atoms with Gasteiger partial charge in [-0.1, -0.05) is 48.0 Å². The molecule has 0 aromatic carbocycles. The van der Waals surface area contributed by atoms with Crippen LogP contribution in [0.3, 0.4) is 0 Å². The highest BCUT2D eigenvalue weighted by atomic mass is 16.5. The molecule has 4 fully saturated rings. The van der Waals surface area contributed by atoms with Crippen LogP contribution in [0.1, 0.15) is 99.3 Å². The molecular weight excluding hydrogens is 438 g/mol. The number of carbonyl (C=O) groups is 1. The number of fused-ring (bicyclic) bond motifs is 5. The Hall–Kier alpha value is -0.810. The smallest absolute Gasteiger partial charge is 0.407 e. The molecule has 4 aliphatic carbocycles. The van der Waals surface area contributed by atoms with Crippen molar-refractivity contribution in [3.05, 3.63) is 0 Å². The first-order valence-electron chi connectivity index (χ1n) is 14.8. The second-order valence-electron chi connectivity index (χ2n) is 13.8. The lowest BCUT2D eigenvalue weighted by Gasteiger charge is -2.64. The first kappa shape index (κ1) is 27.2. The Bertz CT molecular complexity index is 742. The van der Waals surface area contributed by atoms with Gasteiger partial charge in [0.1, 0.15) is 0 Å². The zero-order chi connectivity index (χ0) is 25.5. The van der Waals surface area contributed by atoms with E-state index in [0.29, 0.717) is 60.5 Å². The number of carbonyl (C=O) groups excluding carboxylic acids is 1. The average Bonchev–Trinajstić information content (AvgIpc) is 3.16. The summed E-state index contributed by atoms with van der Waals surface area (Å²) in [7, 11) is 0. The standard InChI is InChI=1S/C30H53NO4/c1-7-21-25-16-20(32)10-13-30(25,6)24-11-14-29(5)22(8-9-23(29)26(24)27(21)33)19(4)12-15-35-28(34)31-17-18(2)3/h18-27,32-33H,7-17H2,1-6H3,(H,31,34)/t19-,20-,21-,22-,23+,24+,25+,26?,27-,29?,30?/m1/s1. The Labute approximate surface area is 214 Å². The summed E-state index contributed by atoms with van der Waals surface area (Å²) in [6.45, 7) is 14.9. The van der Waals surface area contributed by atoms with Gasteiger partial charge in [-0.15, -0.1) is 0 Å². The van der Waals surface area contributed by atoms with Gasteiger partial charge in [-0.25, -0.2) is 4.79 Å². The van der Waals surface area contributed by atoms with Crippen LogP contribution in [0.15, 0.2) is 0 Å². The van der Waals surface area contributed by atoms with E-state index in [1.807, 2.05) is 0 Å². The second-order valence-corrected chi connectivity index (χ2v) is 13.8. The van der Waals surface area contributed by atoms with Gasteiger partial charge in [-0.2, -0.15) is 0 Å². The summed E-state index contributed by atoms with van der Waals surface area (Å²) in [6, 6.07) is 0. The molecule has 35 heavy (non-hydrogen) atoms. The molecular formula is C30H53NO4. The van der Waals surface area contributed by atoms with Crippen LogP contribution in [-0.4, -0.2) is 41.7 Å². The summed E-state index contributed by atoms with van der Waals surface area (Å²) in [6.07, 6.45) is 9.03. The highest BCUT2D eigenvalue weighted by molar-refractivity contribution is 5.67. The van der Waals surface area contributed by atoms with Crippen molar-refractivity contribution < 1.29 is 19.7 Å². The molecule has 5 nitrogen and oxygen atoms in total. The van der Waals surface area contributed by atoms with Crippen molar-refractivity contribution in [1.82, 2.24) is 5.32 Å². The molecule has 0 bridgehead atoms. The first-order valence-corrected chi connectivity index (χ1v) is 14.8. The van der Waals surface area contributed by atoms with E-state index in [-0.39, 0.29) is 29.1 Å². The zero-order valence-corrected chi connectivity index (χ0v) is 23.3. The molecule has 0 radical (unpaired) electrons. The third kappa shape index (κ3) is 4.90. The van der Waals surface area contributed by atoms with Crippen molar-refractivity contribution in [2.24, 2.45) is 58.2 Å². The Morgan fingerprint density at radius 2 is 1.69 bits per heavy atom. The van der Waals surface area contributed by atoms with Gasteiger partial charge >= 0.3 is 6.09 Å². The molecule has 0 aromatic rings. The van der Waals surface area contributed by atoms with Crippen LogP contribution in [0.5, 0.6) is 0 Å². The third-order valence-electron chi connectivity index (χ3n) is 11.6. The summed E-state index contributed by atoms with van der Waals surface area (Å²) in [4.78, 5) is 12.0. The lowest BCUT2D eigenvalue weighted by atomic mass is 9.41. The summed E-state index contributed by atoms with van der Waals surface area (Å²) >= 11 is 0. The molecule has 0 aliphatic heterocycles. The first-order chi connectivity index (χ1) is 16.5. The fourth-order valence-electron chi connectivity index (χ4n) is 9.81. The number of ether oxygens (including phenoxy) is 1. The molecule has 4 aliphatic rings. The van der Waals surface area contributed by atoms with E-state index in [1.165, 1.54) is 25.7 Å². The zero-order valence-electron chi connectivity index (χ0n) is 23.3. The molecule has 202 valence electrons. The molecule has 5 heteroatoms. The van der Waals surface area contributed by atoms with Crippen molar-refractivity contribution in [3.8, 4) is 0 Å².